The van der Waals surface area contributed by atoms with Crippen LogP contribution in [-0.4, -0.2) is 74.3 Å². The molecule has 3 unspecified atom stereocenters. The van der Waals surface area contributed by atoms with Crippen molar-refractivity contribution in [3.63, 3.8) is 0 Å². The third kappa shape index (κ3) is 53.1. The van der Waals surface area contributed by atoms with Crippen LogP contribution in [0.1, 0.15) is 213 Å². The Labute approximate surface area is 448 Å². The van der Waals surface area contributed by atoms with Crippen LogP contribution in [0.2, 0.25) is 0 Å². The molecule has 1 amide bonds. The SMILES string of the molecule is CC/C=C\C/C=C\C/C=C\C/C=C\C/C=C\C/C=C\CCCCC(=O)OC(/C=C\CCCCCCCCCCC)C(COP(=O)(O)OCC[N+](C)(C)C)NC(=O)CCCCCCCCC/C=C/C=C/C=C/CC. The van der Waals surface area contributed by atoms with Gasteiger partial charge in [-0.2, -0.15) is 0 Å². The standard InChI is InChI=1S/C63H107N2O7P/c1-7-10-13-16-19-22-25-27-29-30-31-32-33-34-36-38-41-44-47-50-53-56-63(67)72-61(54-51-48-45-42-39-24-21-18-15-12-9-3)60(59-71-73(68,69)70-58-57-65(4,5)6)64-62(66)55-52-49-46-43-40-37-35-28-26-23-20-17-14-11-8-2/h10-11,13-14,17,19-20,22-23,26-27,29,31-32,34,36,41,44,51,54,60-61H,7-9,12,15-16,18,21,24-25,28,30,33,35,37-40,42-43,45-50,52-53,55-59H2,1-6H3,(H-,64,66,68,69)/p+1/b13-10-,14-11+,20-17+,22-19-,26-23+,29-27-,32-31-,36-34-,44-41-,54-51-. The average molecular weight is 1040 g/mol. The minimum atomic E-state index is -4.47. The van der Waals surface area contributed by atoms with Crippen LogP contribution in [0.4, 0.5) is 0 Å². The van der Waals surface area contributed by atoms with Gasteiger partial charge in [-0.3, -0.25) is 18.6 Å². The van der Waals surface area contributed by atoms with Crippen molar-refractivity contribution >= 4 is 19.7 Å². The highest BCUT2D eigenvalue weighted by atomic mass is 31.2. The molecule has 2 N–H and O–H groups in total. The number of phosphoric ester groups is 1. The minimum Gasteiger partial charge on any atom is -0.456 e. The van der Waals surface area contributed by atoms with Crippen LogP contribution in [0, 0.1) is 0 Å². The second-order valence-corrected chi connectivity index (χ2v) is 21.6. The lowest BCUT2D eigenvalue weighted by Crippen LogP contribution is -2.47. The van der Waals surface area contributed by atoms with Crippen molar-refractivity contribution < 1.29 is 37.3 Å². The van der Waals surface area contributed by atoms with Gasteiger partial charge < -0.3 is 19.4 Å². The third-order valence-corrected chi connectivity index (χ3v) is 12.9. The van der Waals surface area contributed by atoms with Crippen LogP contribution in [-0.2, 0) is 27.9 Å². The molecule has 0 heterocycles. The molecule has 0 aliphatic rings. The predicted octanol–water partition coefficient (Wildman–Crippen LogP) is 17.5. The van der Waals surface area contributed by atoms with Crippen molar-refractivity contribution in [1.82, 2.24) is 5.32 Å². The Hall–Kier alpha value is -3.59. The first kappa shape index (κ1) is 69.4. The number of carbonyl (C=O) groups excluding carboxylic acids is 2. The molecule has 0 aliphatic carbocycles. The van der Waals surface area contributed by atoms with Crippen molar-refractivity contribution in [1.29, 1.82) is 0 Å². The van der Waals surface area contributed by atoms with E-state index in [-0.39, 0.29) is 31.5 Å². The van der Waals surface area contributed by atoms with Crippen molar-refractivity contribution in [2.45, 2.75) is 226 Å². The van der Waals surface area contributed by atoms with Gasteiger partial charge in [0, 0.05) is 12.8 Å². The van der Waals surface area contributed by atoms with Gasteiger partial charge in [0.25, 0.3) is 0 Å². The number of hydrogen-bond acceptors (Lipinski definition) is 6. The molecule has 0 rings (SSSR count). The monoisotopic (exact) mass is 1040 g/mol. The van der Waals surface area contributed by atoms with Crippen molar-refractivity contribution in [3.8, 4) is 0 Å². The van der Waals surface area contributed by atoms with Crippen LogP contribution in [0.15, 0.2) is 122 Å². The molecule has 0 fully saturated rings. The van der Waals surface area contributed by atoms with E-state index in [0.717, 1.165) is 109 Å². The molecule has 73 heavy (non-hydrogen) atoms. The van der Waals surface area contributed by atoms with E-state index in [1.807, 2.05) is 33.3 Å². The maximum atomic E-state index is 13.5. The first-order chi connectivity index (χ1) is 35.4. The van der Waals surface area contributed by atoms with E-state index in [4.69, 9.17) is 13.8 Å². The quantitative estimate of drug-likeness (QED) is 0.0156. The number of nitrogens with one attached hydrogen (secondary N) is 1. The molecule has 416 valence electrons. The lowest BCUT2D eigenvalue weighted by Gasteiger charge is -2.27. The summed E-state index contributed by atoms with van der Waals surface area (Å²) in [6.07, 6.45) is 72.0. The number of likely N-dealkylation sites (N-methyl/N-ethyl adjacent to an activating group) is 1. The average Bonchev–Trinajstić information content (AvgIpc) is 3.35. The lowest BCUT2D eigenvalue weighted by molar-refractivity contribution is -0.870. The van der Waals surface area contributed by atoms with E-state index in [0.29, 0.717) is 23.9 Å². The smallest absolute Gasteiger partial charge is 0.456 e. The number of unbranched alkanes of at least 4 members (excludes halogenated alkanes) is 18. The molecule has 0 aromatic heterocycles. The topological polar surface area (TPSA) is 111 Å². The highest BCUT2D eigenvalue weighted by Crippen LogP contribution is 2.43. The second-order valence-electron chi connectivity index (χ2n) is 20.1. The van der Waals surface area contributed by atoms with Crippen LogP contribution in [0.3, 0.4) is 0 Å². The molecule has 0 aliphatic heterocycles. The number of esters is 1. The zero-order chi connectivity index (χ0) is 53.6. The zero-order valence-corrected chi connectivity index (χ0v) is 48.2. The number of quaternary nitrogens is 1. The van der Waals surface area contributed by atoms with Gasteiger partial charge >= 0.3 is 13.8 Å². The maximum absolute atomic E-state index is 13.5. The largest absolute Gasteiger partial charge is 0.472 e. The molecule has 3 atom stereocenters. The van der Waals surface area contributed by atoms with Crippen LogP contribution >= 0.6 is 7.82 Å². The number of allylic oxidation sites excluding steroid dienone is 19. The molecule has 0 aromatic carbocycles. The number of ether oxygens (including phenoxy) is 1. The normalized spacial score (nSPS) is 14.7. The van der Waals surface area contributed by atoms with E-state index in [9.17, 15) is 19.0 Å². The van der Waals surface area contributed by atoms with E-state index in [1.54, 1.807) is 0 Å². The first-order valence-corrected chi connectivity index (χ1v) is 30.4. The summed E-state index contributed by atoms with van der Waals surface area (Å²) in [5.74, 6) is -0.582. The summed E-state index contributed by atoms with van der Waals surface area (Å²) < 4.78 is 30.6. The van der Waals surface area contributed by atoms with Gasteiger partial charge in [-0.25, -0.2) is 4.57 Å². The van der Waals surface area contributed by atoms with Gasteiger partial charge in [0.15, 0.2) is 0 Å². The lowest BCUT2D eigenvalue weighted by atomic mass is 10.1. The number of nitrogens with zero attached hydrogens (tertiary/aromatic N) is 1. The fourth-order valence-electron chi connectivity index (χ4n) is 7.53. The molecule has 0 aromatic rings. The van der Waals surface area contributed by atoms with Crippen molar-refractivity contribution in [2.75, 3.05) is 40.9 Å². The number of rotatable bonds is 50. The third-order valence-electron chi connectivity index (χ3n) is 12.0. The summed E-state index contributed by atoms with van der Waals surface area (Å²) in [5, 5.41) is 3.02. The molecule has 9 nitrogen and oxygen atoms in total. The maximum Gasteiger partial charge on any atom is 0.472 e. The fourth-order valence-corrected chi connectivity index (χ4v) is 8.27. The summed E-state index contributed by atoms with van der Waals surface area (Å²) in [7, 11) is 1.44. The van der Waals surface area contributed by atoms with Gasteiger partial charge in [0.05, 0.1) is 33.8 Å². The Morgan fingerprint density at radius 1 is 0.507 bits per heavy atom. The molecule has 0 bridgehead atoms. The number of hydrogen-bond donors (Lipinski definition) is 2. The Morgan fingerprint density at radius 3 is 1.48 bits per heavy atom. The zero-order valence-electron chi connectivity index (χ0n) is 47.3. The van der Waals surface area contributed by atoms with Crippen LogP contribution in [0.5, 0.6) is 0 Å². The van der Waals surface area contributed by atoms with Crippen molar-refractivity contribution in [2.24, 2.45) is 0 Å². The Kier molecular flexibility index (Phi) is 49.3. The molecular weight excluding hydrogens is 928 g/mol. The molecular formula is C63H108N2O7P+. The number of amides is 1. The fraction of sp³-hybridized carbons (Fsp3) is 0.651. The number of phosphoric acid groups is 1. The molecule has 0 saturated heterocycles. The Bertz CT molecular complexity index is 1660. The predicted molar refractivity (Wildman–Crippen MR) is 313 cm³/mol. The van der Waals surface area contributed by atoms with E-state index >= 15 is 0 Å². The van der Waals surface area contributed by atoms with E-state index in [2.05, 4.69) is 135 Å². The summed E-state index contributed by atoms with van der Waals surface area (Å²) in [6.45, 7) is 6.69. The first-order valence-electron chi connectivity index (χ1n) is 28.9. The highest BCUT2D eigenvalue weighted by molar-refractivity contribution is 7.47. The summed E-state index contributed by atoms with van der Waals surface area (Å²) in [4.78, 5) is 37.6. The summed E-state index contributed by atoms with van der Waals surface area (Å²) in [5.41, 5.74) is 0. The molecule has 0 saturated carbocycles. The van der Waals surface area contributed by atoms with Gasteiger partial charge in [0.1, 0.15) is 19.3 Å². The Balaban J connectivity index is 5.39. The molecule has 0 radical (unpaired) electrons. The minimum absolute atomic E-state index is 0.0236. The van der Waals surface area contributed by atoms with E-state index in [1.165, 1.54) is 64.2 Å². The van der Waals surface area contributed by atoms with Gasteiger partial charge in [-0.1, -0.05) is 220 Å². The number of carbonyl (C=O) groups is 2. The van der Waals surface area contributed by atoms with Gasteiger partial charge in [-0.05, 0) is 102 Å². The van der Waals surface area contributed by atoms with Crippen LogP contribution in [0.25, 0.3) is 0 Å². The molecule has 0 spiro atoms. The van der Waals surface area contributed by atoms with Crippen molar-refractivity contribution in [3.05, 3.63) is 122 Å². The Morgan fingerprint density at radius 2 is 0.945 bits per heavy atom. The summed E-state index contributed by atoms with van der Waals surface area (Å²) in [6, 6.07) is -0.880. The van der Waals surface area contributed by atoms with Crippen LogP contribution < -0.4 is 5.32 Å². The molecule has 10 heteroatoms. The summed E-state index contributed by atoms with van der Waals surface area (Å²) >= 11 is 0. The highest BCUT2D eigenvalue weighted by Gasteiger charge is 2.30. The van der Waals surface area contributed by atoms with Gasteiger partial charge in [0.2, 0.25) is 5.91 Å². The van der Waals surface area contributed by atoms with Gasteiger partial charge in [-0.15, -0.1) is 0 Å². The second kappa shape index (κ2) is 51.9. The van der Waals surface area contributed by atoms with E-state index < -0.39 is 20.0 Å².